The van der Waals surface area contributed by atoms with Crippen LogP contribution >= 0.6 is 0 Å². The Balaban J connectivity index is 1.42. The van der Waals surface area contributed by atoms with Gasteiger partial charge in [-0.25, -0.2) is 9.97 Å². The van der Waals surface area contributed by atoms with E-state index < -0.39 is 0 Å². The smallest absolute Gasteiger partial charge is 0.226 e. The van der Waals surface area contributed by atoms with Gasteiger partial charge in [-0.05, 0) is 24.6 Å². The van der Waals surface area contributed by atoms with Crippen molar-refractivity contribution >= 4 is 16.9 Å². The fourth-order valence-electron chi connectivity index (χ4n) is 4.14. The molecule has 0 N–H and O–H groups in total. The van der Waals surface area contributed by atoms with Crippen LogP contribution in [0.25, 0.3) is 22.2 Å². The molecule has 4 aromatic rings. The number of hydrogen-bond donors (Lipinski definition) is 0. The van der Waals surface area contributed by atoms with Gasteiger partial charge in [0.05, 0.1) is 11.2 Å². The number of piperazine rings is 1. The highest BCUT2D eigenvalue weighted by atomic mass is 15.3. The van der Waals surface area contributed by atoms with Gasteiger partial charge in [-0.2, -0.15) is 0 Å². The number of benzene rings is 3. The molecule has 1 saturated heterocycles. The van der Waals surface area contributed by atoms with Crippen LogP contribution in [0.2, 0.25) is 0 Å². The van der Waals surface area contributed by atoms with Crippen molar-refractivity contribution in [2.75, 3.05) is 31.1 Å². The van der Waals surface area contributed by atoms with Crippen LogP contribution in [0.15, 0.2) is 78.9 Å². The Labute approximate surface area is 177 Å². The average Bonchev–Trinajstić information content (AvgIpc) is 2.80. The molecule has 4 nitrogen and oxygen atoms in total. The molecule has 4 heteroatoms. The fourth-order valence-corrected chi connectivity index (χ4v) is 4.14. The zero-order valence-corrected chi connectivity index (χ0v) is 17.3. The van der Waals surface area contributed by atoms with Crippen LogP contribution in [-0.4, -0.2) is 41.0 Å². The Morgan fingerprint density at radius 1 is 0.767 bits per heavy atom. The predicted molar refractivity (Wildman–Crippen MR) is 124 cm³/mol. The molecule has 0 spiro atoms. The second-order valence-electron chi connectivity index (χ2n) is 8.01. The normalized spacial score (nSPS) is 14.9. The van der Waals surface area contributed by atoms with E-state index in [1.54, 1.807) is 0 Å². The number of aromatic nitrogens is 2. The van der Waals surface area contributed by atoms with Crippen LogP contribution in [0.5, 0.6) is 0 Å². The first-order valence-corrected chi connectivity index (χ1v) is 10.6. The summed E-state index contributed by atoms with van der Waals surface area (Å²) in [5.74, 6) is 0.838. The molecule has 3 aromatic carbocycles. The lowest BCUT2D eigenvalue weighted by Crippen LogP contribution is -2.46. The van der Waals surface area contributed by atoms with Gasteiger partial charge in [-0.1, -0.05) is 72.3 Å². The van der Waals surface area contributed by atoms with Gasteiger partial charge in [0.1, 0.15) is 0 Å². The van der Waals surface area contributed by atoms with E-state index in [2.05, 4.69) is 89.5 Å². The molecule has 5 rings (SSSR count). The molecular formula is C26H26N4. The summed E-state index contributed by atoms with van der Waals surface area (Å²) in [4.78, 5) is 14.8. The van der Waals surface area contributed by atoms with E-state index in [-0.39, 0.29) is 0 Å². The first kappa shape index (κ1) is 18.8. The summed E-state index contributed by atoms with van der Waals surface area (Å²) in [5, 5.41) is 1.12. The minimum absolute atomic E-state index is 0.838. The summed E-state index contributed by atoms with van der Waals surface area (Å²) in [7, 11) is 0. The van der Waals surface area contributed by atoms with Crippen molar-refractivity contribution in [1.29, 1.82) is 0 Å². The van der Waals surface area contributed by atoms with Crippen LogP contribution in [0.1, 0.15) is 11.1 Å². The molecule has 1 aliphatic rings. The molecule has 0 amide bonds. The molecule has 30 heavy (non-hydrogen) atoms. The summed E-state index contributed by atoms with van der Waals surface area (Å²) in [5.41, 5.74) is 5.77. The van der Waals surface area contributed by atoms with E-state index >= 15 is 0 Å². The second kappa shape index (κ2) is 8.25. The topological polar surface area (TPSA) is 32.3 Å². The van der Waals surface area contributed by atoms with Crippen molar-refractivity contribution in [3.05, 3.63) is 90.0 Å². The maximum Gasteiger partial charge on any atom is 0.226 e. The Morgan fingerprint density at radius 2 is 1.47 bits per heavy atom. The van der Waals surface area contributed by atoms with Gasteiger partial charge in [0, 0.05) is 43.7 Å². The first-order chi connectivity index (χ1) is 14.8. The lowest BCUT2D eigenvalue weighted by Gasteiger charge is -2.35. The van der Waals surface area contributed by atoms with Crippen molar-refractivity contribution < 1.29 is 0 Å². The first-order valence-electron chi connectivity index (χ1n) is 10.6. The molecule has 0 radical (unpaired) electrons. The van der Waals surface area contributed by atoms with Crippen LogP contribution in [0.4, 0.5) is 5.95 Å². The van der Waals surface area contributed by atoms with E-state index in [9.17, 15) is 0 Å². The highest BCUT2D eigenvalue weighted by molar-refractivity contribution is 5.93. The van der Waals surface area contributed by atoms with Gasteiger partial charge in [0.15, 0.2) is 0 Å². The summed E-state index contributed by atoms with van der Waals surface area (Å²) in [6.45, 7) is 7.04. The second-order valence-corrected chi connectivity index (χ2v) is 8.01. The quantitative estimate of drug-likeness (QED) is 0.491. The van der Waals surface area contributed by atoms with Crippen molar-refractivity contribution in [2.45, 2.75) is 13.5 Å². The molecule has 150 valence electrons. The number of anilines is 1. The number of fused-ring (bicyclic) bond motifs is 1. The van der Waals surface area contributed by atoms with Crippen molar-refractivity contribution in [3.63, 3.8) is 0 Å². The zero-order chi connectivity index (χ0) is 20.3. The summed E-state index contributed by atoms with van der Waals surface area (Å²) in [6.07, 6.45) is 0. The summed E-state index contributed by atoms with van der Waals surface area (Å²) in [6, 6.07) is 27.6. The predicted octanol–water partition coefficient (Wildman–Crippen LogP) is 4.93. The highest BCUT2D eigenvalue weighted by Crippen LogP contribution is 2.29. The molecule has 0 saturated carbocycles. The third-order valence-corrected chi connectivity index (χ3v) is 5.79. The average molecular weight is 395 g/mol. The minimum atomic E-state index is 0.838. The fraction of sp³-hybridized carbons (Fsp3) is 0.231. The van der Waals surface area contributed by atoms with Crippen molar-refractivity contribution in [3.8, 4) is 11.3 Å². The van der Waals surface area contributed by atoms with Crippen molar-refractivity contribution in [2.24, 2.45) is 0 Å². The van der Waals surface area contributed by atoms with Gasteiger partial charge >= 0.3 is 0 Å². The molecule has 2 heterocycles. The largest absolute Gasteiger partial charge is 0.338 e. The third-order valence-electron chi connectivity index (χ3n) is 5.79. The molecule has 0 unspecified atom stereocenters. The van der Waals surface area contributed by atoms with Gasteiger partial charge in [-0.3, -0.25) is 4.90 Å². The molecule has 1 fully saturated rings. The van der Waals surface area contributed by atoms with Gasteiger partial charge in [-0.15, -0.1) is 0 Å². The Morgan fingerprint density at radius 3 is 2.20 bits per heavy atom. The monoisotopic (exact) mass is 394 g/mol. The van der Waals surface area contributed by atoms with E-state index in [0.717, 1.165) is 60.8 Å². The maximum atomic E-state index is 5.04. The number of nitrogens with zero attached hydrogens (tertiary/aromatic N) is 4. The Hall–Kier alpha value is -3.24. The van der Waals surface area contributed by atoms with Crippen molar-refractivity contribution in [1.82, 2.24) is 14.9 Å². The van der Waals surface area contributed by atoms with Gasteiger partial charge in [0.25, 0.3) is 0 Å². The van der Waals surface area contributed by atoms with Crippen LogP contribution < -0.4 is 4.90 Å². The number of rotatable bonds is 4. The van der Waals surface area contributed by atoms with Crippen LogP contribution in [0.3, 0.4) is 0 Å². The molecule has 0 atom stereocenters. The molecule has 1 aliphatic heterocycles. The highest BCUT2D eigenvalue weighted by Gasteiger charge is 2.21. The van der Waals surface area contributed by atoms with E-state index in [1.807, 2.05) is 6.07 Å². The Kier molecular flexibility index (Phi) is 5.16. The molecule has 1 aromatic heterocycles. The number of hydrogen-bond acceptors (Lipinski definition) is 4. The van der Waals surface area contributed by atoms with E-state index in [1.165, 1.54) is 11.1 Å². The van der Waals surface area contributed by atoms with Gasteiger partial charge in [0.2, 0.25) is 5.95 Å². The molecule has 0 bridgehead atoms. The minimum Gasteiger partial charge on any atom is -0.338 e. The number of aryl methyl sites for hydroxylation is 1. The Bertz CT molecular complexity index is 1130. The maximum absolute atomic E-state index is 5.04. The third kappa shape index (κ3) is 3.91. The summed E-state index contributed by atoms with van der Waals surface area (Å²) >= 11 is 0. The lowest BCUT2D eigenvalue weighted by molar-refractivity contribution is 0.249. The molecular weight excluding hydrogens is 368 g/mol. The summed E-state index contributed by atoms with van der Waals surface area (Å²) < 4.78 is 0. The lowest BCUT2D eigenvalue weighted by atomic mass is 10.0. The van der Waals surface area contributed by atoms with E-state index in [4.69, 9.17) is 9.97 Å². The van der Waals surface area contributed by atoms with Crippen LogP contribution in [-0.2, 0) is 6.54 Å². The van der Waals surface area contributed by atoms with E-state index in [0.29, 0.717) is 0 Å². The SMILES string of the molecule is Cc1ccc2nc(N3CCN(Cc4ccccc4)CC3)nc(-c3ccccc3)c2c1. The standard InChI is InChI=1S/C26H26N4/c1-20-12-13-24-23(18-20)25(22-10-6-3-7-11-22)28-26(27-24)30-16-14-29(15-17-30)19-21-8-4-2-5-9-21/h2-13,18H,14-17,19H2,1H3. The molecule has 0 aliphatic carbocycles. The van der Waals surface area contributed by atoms with Gasteiger partial charge < -0.3 is 4.90 Å². The van der Waals surface area contributed by atoms with Crippen LogP contribution in [0, 0.1) is 6.92 Å². The zero-order valence-electron chi connectivity index (χ0n) is 17.3.